The van der Waals surface area contributed by atoms with Crippen molar-refractivity contribution in [3.8, 4) is 11.5 Å². The van der Waals surface area contributed by atoms with Crippen molar-refractivity contribution < 1.29 is 14.6 Å². The number of aromatic hydroxyl groups is 2. The summed E-state index contributed by atoms with van der Waals surface area (Å²) in [6.07, 6.45) is 0. The van der Waals surface area contributed by atoms with Gasteiger partial charge in [-0.1, -0.05) is 15.9 Å². The first kappa shape index (κ1) is 14.8. The monoisotopic (exact) mass is 339 g/mol. The molecule has 0 aromatic heterocycles. The summed E-state index contributed by atoms with van der Waals surface area (Å²) in [5.41, 5.74) is 1.29. The van der Waals surface area contributed by atoms with E-state index in [1.165, 1.54) is 12.1 Å². The average molecular weight is 340 g/mol. The number of hydrogen-bond donors (Lipinski definition) is 3. The highest BCUT2D eigenvalue weighted by atomic mass is 79.9. The van der Waals surface area contributed by atoms with Crippen LogP contribution in [-0.4, -0.2) is 10.2 Å². The number of hydrogen-bond acceptors (Lipinski definition) is 3. The molecule has 0 aliphatic rings. The predicted molar refractivity (Wildman–Crippen MR) is 79.1 cm³/mol. The van der Waals surface area contributed by atoms with Crippen molar-refractivity contribution in [1.29, 1.82) is 0 Å². The van der Waals surface area contributed by atoms with Gasteiger partial charge in [-0.3, -0.25) is 0 Å². The zero-order valence-electron chi connectivity index (χ0n) is 10.9. The van der Waals surface area contributed by atoms with Crippen LogP contribution in [0.3, 0.4) is 0 Å². The van der Waals surface area contributed by atoms with E-state index in [9.17, 15) is 14.6 Å². The fraction of sp³-hybridized carbons (Fsp3) is 0.200. The zero-order valence-corrected chi connectivity index (χ0v) is 12.5. The molecule has 3 nitrogen and oxygen atoms in total. The second-order valence-corrected chi connectivity index (χ2v) is 5.54. The summed E-state index contributed by atoms with van der Waals surface area (Å²) in [6.45, 7) is 2.23. The molecule has 1 unspecified atom stereocenters. The Bertz CT molecular complexity index is 599. The van der Waals surface area contributed by atoms with Crippen molar-refractivity contribution in [3.05, 3.63) is 57.8 Å². The number of halogens is 2. The van der Waals surface area contributed by atoms with Gasteiger partial charge in [0, 0.05) is 28.7 Å². The Morgan fingerprint density at radius 3 is 2.45 bits per heavy atom. The topological polar surface area (TPSA) is 52.5 Å². The summed E-state index contributed by atoms with van der Waals surface area (Å²) in [7, 11) is 0. The van der Waals surface area contributed by atoms with Crippen LogP contribution in [0, 0.1) is 5.82 Å². The van der Waals surface area contributed by atoms with Gasteiger partial charge in [-0.05, 0) is 42.8 Å². The van der Waals surface area contributed by atoms with Crippen molar-refractivity contribution in [2.45, 2.75) is 19.5 Å². The van der Waals surface area contributed by atoms with E-state index in [1.54, 1.807) is 24.3 Å². The van der Waals surface area contributed by atoms with Crippen LogP contribution in [0.25, 0.3) is 0 Å². The number of phenols is 2. The molecule has 0 aliphatic carbocycles. The summed E-state index contributed by atoms with van der Waals surface area (Å²) in [4.78, 5) is 0. The van der Waals surface area contributed by atoms with Gasteiger partial charge in [0.1, 0.15) is 17.3 Å². The minimum absolute atomic E-state index is 0.00212. The van der Waals surface area contributed by atoms with Crippen LogP contribution in [0.2, 0.25) is 0 Å². The van der Waals surface area contributed by atoms with Crippen LogP contribution < -0.4 is 5.32 Å². The number of rotatable bonds is 4. The van der Waals surface area contributed by atoms with Crippen molar-refractivity contribution in [3.63, 3.8) is 0 Å². The van der Waals surface area contributed by atoms with Crippen LogP contribution in [0.5, 0.6) is 11.5 Å². The molecule has 0 heterocycles. The van der Waals surface area contributed by atoms with Gasteiger partial charge in [0.25, 0.3) is 0 Å². The smallest absolute Gasteiger partial charge is 0.127 e. The Morgan fingerprint density at radius 1 is 1.15 bits per heavy atom. The SMILES string of the molecule is CC(NCc1cc(Br)ccc1F)c1cc(O)cc(O)c1. The minimum atomic E-state index is -0.272. The lowest BCUT2D eigenvalue weighted by Crippen LogP contribution is -2.18. The van der Waals surface area contributed by atoms with Crippen molar-refractivity contribution in [2.24, 2.45) is 0 Å². The Kier molecular flexibility index (Phi) is 4.62. The Labute approximate surface area is 125 Å². The van der Waals surface area contributed by atoms with Crippen LogP contribution in [-0.2, 0) is 6.54 Å². The molecule has 0 aliphatic heterocycles. The third-order valence-corrected chi connectivity index (χ3v) is 3.52. The molecule has 0 spiro atoms. The van der Waals surface area contributed by atoms with Gasteiger partial charge in [0.2, 0.25) is 0 Å². The van der Waals surface area contributed by atoms with Crippen LogP contribution in [0.1, 0.15) is 24.1 Å². The average Bonchev–Trinajstić information content (AvgIpc) is 2.38. The molecule has 0 amide bonds. The van der Waals surface area contributed by atoms with Gasteiger partial charge in [0.15, 0.2) is 0 Å². The molecule has 20 heavy (non-hydrogen) atoms. The van der Waals surface area contributed by atoms with E-state index in [2.05, 4.69) is 21.2 Å². The predicted octanol–water partition coefficient (Wildman–Crippen LogP) is 3.85. The summed E-state index contributed by atoms with van der Waals surface area (Å²) in [6, 6.07) is 9.04. The third-order valence-electron chi connectivity index (χ3n) is 3.03. The molecule has 0 fully saturated rings. The first-order valence-corrected chi connectivity index (χ1v) is 6.95. The summed E-state index contributed by atoms with van der Waals surface area (Å²) in [5, 5.41) is 22.1. The summed E-state index contributed by atoms with van der Waals surface area (Å²) < 4.78 is 14.4. The van der Waals surface area contributed by atoms with E-state index in [4.69, 9.17) is 0 Å². The quantitative estimate of drug-likeness (QED) is 0.792. The van der Waals surface area contributed by atoms with Gasteiger partial charge < -0.3 is 15.5 Å². The first-order chi connectivity index (χ1) is 9.45. The van der Waals surface area contributed by atoms with Gasteiger partial charge in [-0.2, -0.15) is 0 Å². The number of phenolic OH excluding ortho intramolecular Hbond substituents is 2. The second-order valence-electron chi connectivity index (χ2n) is 4.62. The maximum atomic E-state index is 13.6. The Balaban J connectivity index is 2.08. The van der Waals surface area contributed by atoms with E-state index < -0.39 is 0 Å². The maximum absolute atomic E-state index is 13.6. The Hall–Kier alpha value is -1.59. The number of nitrogens with one attached hydrogen (secondary N) is 1. The Morgan fingerprint density at radius 2 is 1.80 bits per heavy atom. The molecule has 2 aromatic rings. The van der Waals surface area contributed by atoms with E-state index in [0.717, 1.165) is 10.0 Å². The lowest BCUT2D eigenvalue weighted by atomic mass is 10.1. The molecular weight excluding hydrogens is 325 g/mol. The van der Waals surface area contributed by atoms with Gasteiger partial charge in [0.05, 0.1) is 0 Å². The van der Waals surface area contributed by atoms with Crippen molar-refractivity contribution >= 4 is 15.9 Å². The fourth-order valence-electron chi connectivity index (χ4n) is 1.93. The largest absolute Gasteiger partial charge is 0.508 e. The van der Waals surface area contributed by atoms with Crippen LogP contribution >= 0.6 is 15.9 Å². The van der Waals surface area contributed by atoms with Crippen LogP contribution in [0.4, 0.5) is 4.39 Å². The first-order valence-electron chi connectivity index (χ1n) is 6.16. The van der Waals surface area contributed by atoms with E-state index in [1.807, 2.05) is 6.92 Å². The molecule has 2 aromatic carbocycles. The zero-order chi connectivity index (χ0) is 14.7. The highest BCUT2D eigenvalue weighted by Crippen LogP contribution is 2.25. The van der Waals surface area contributed by atoms with Gasteiger partial charge >= 0.3 is 0 Å². The highest BCUT2D eigenvalue weighted by molar-refractivity contribution is 9.10. The molecule has 5 heteroatoms. The van der Waals surface area contributed by atoms with E-state index in [-0.39, 0.29) is 23.4 Å². The second kappa shape index (κ2) is 6.24. The number of benzene rings is 2. The summed E-state index contributed by atoms with van der Waals surface area (Å²) >= 11 is 3.31. The fourth-order valence-corrected chi connectivity index (χ4v) is 2.34. The van der Waals surface area contributed by atoms with Gasteiger partial charge in [-0.25, -0.2) is 4.39 Å². The minimum Gasteiger partial charge on any atom is -0.508 e. The molecule has 1 atom stereocenters. The van der Waals surface area contributed by atoms with Crippen molar-refractivity contribution in [2.75, 3.05) is 0 Å². The van der Waals surface area contributed by atoms with Gasteiger partial charge in [-0.15, -0.1) is 0 Å². The molecule has 0 saturated carbocycles. The maximum Gasteiger partial charge on any atom is 0.127 e. The third kappa shape index (κ3) is 3.71. The lowest BCUT2D eigenvalue weighted by molar-refractivity contribution is 0.445. The standard InChI is InChI=1S/C15H15BrFNO2/c1-9(10-5-13(19)7-14(20)6-10)18-8-11-4-12(16)2-3-15(11)17/h2-7,9,18-20H,8H2,1H3. The molecular formula is C15H15BrFNO2. The van der Waals surface area contributed by atoms with E-state index >= 15 is 0 Å². The molecule has 2 rings (SSSR count). The van der Waals surface area contributed by atoms with Crippen molar-refractivity contribution in [1.82, 2.24) is 5.32 Å². The molecule has 3 N–H and O–H groups in total. The normalized spacial score (nSPS) is 12.3. The highest BCUT2D eigenvalue weighted by Gasteiger charge is 2.09. The molecule has 106 valence electrons. The lowest BCUT2D eigenvalue weighted by Gasteiger charge is -2.15. The van der Waals surface area contributed by atoms with E-state index in [0.29, 0.717) is 12.1 Å². The van der Waals surface area contributed by atoms with Crippen LogP contribution in [0.15, 0.2) is 40.9 Å². The molecule has 0 saturated heterocycles. The summed E-state index contributed by atoms with van der Waals surface area (Å²) in [5.74, 6) is -0.267. The molecule has 0 bridgehead atoms. The molecule has 0 radical (unpaired) electrons.